The highest BCUT2D eigenvalue weighted by Crippen LogP contribution is 2.27. The Balaban J connectivity index is 1.59. The first-order chi connectivity index (χ1) is 13.0. The fourth-order valence-electron chi connectivity index (χ4n) is 3.47. The fourth-order valence-corrected chi connectivity index (χ4v) is 4.65. The molecule has 1 aromatic carbocycles. The summed E-state index contributed by atoms with van der Waals surface area (Å²) < 4.78 is 27.0. The molecule has 2 unspecified atom stereocenters. The molecule has 146 valence electrons. The van der Waals surface area contributed by atoms with Crippen LogP contribution < -0.4 is 5.32 Å². The first-order valence-corrected chi connectivity index (χ1v) is 10.9. The van der Waals surface area contributed by atoms with Gasteiger partial charge in [0.2, 0.25) is 0 Å². The highest BCUT2D eigenvalue weighted by atomic mass is 32.2. The second-order valence-corrected chi connectivity index (χ2v) is 9.00. The van der Waals surface area contributed by atoms with E-state index in [0.29, 0.717) is 23.4 Å². The fraction of sp³-hybridized carbons (Fsp3) is 0.474. The Kier molecular flexibility index (Phi) is 6.15. The number of sulfone groups is 1. The van der Waals surface area contributed by atoms with E-state index in [1.807, 2.05) is 18.6 Å². The third-order valence-electron chi connectivity index (χ3n) is 5.09. The van der Waals surface area contributed by atoms with Crippen LogP contribution in [0.1, 0.15) is 19.4 Å². The van der Waals surface area contributed by atoms with Gasteiger partial charge in [-0.3, -0.25) is 4.99 Å². The maximum Gasteiger partial charge on any atom is 0.193 e. The molecule has 0 saturated carbocycles. The SMILES string of the molecule is CN=C(NCCS(=O)(=O)c1ccccc1)N1CCC(C)C(n2ccnc2)C1. The van der Waals surface area contributed by atoms with Crippen molar-refractivity contribution < 1.29 is 8.42 Å². The highest BCUT2D eigenvalue weighted by molar-refractivity contribution is 7.91. The van der Waals surface area contributed by atoms with Gasteiger partial charge >= 0.3 is 0 Å². The van der Waals surface area contributed by atoms with Crippen molar-refractivity contribution in [2.75, 3.05) is 32.4 Å². The number of piperidine rings is 1. The van der Waals surface area contributed by atoms with Crippen molar-refractivity contribution in [2.45, 2.75) is 24.3 Å². The van der Waals surface area contributed by atoms with Crippen molar-refractivity contribution in [1.29, 1.82) is 0 Å². The molecule has 3 rings (SSSR count). The Morgan fingerprint density at radius 3 is 2.78 bits per heavy atom. The van der Waals surface area contributed by atoms with E-state index in [1.165, 1.54) is 0 Å². The molecule has 1 fully saturated rings. The van der Waals surface area contributed by atoms with Crippen LogP contribution in [0.4, 0.5) is 0 Å². The van der Waals surface area contributed by atoms with Gasteiger partial charge in [0, 0.05) is 39.1 Å². The lowest BCUT2D eigenvalue weighted by Crippen LogP contribution is -2.49. The van der Waals surface area contributed by atoms with E-state index in [4.69, 9.17) is 0 Å². The van der Waals surface area contributed by atoms with Crippen LogP contribution in [-0.2, 0) is 9.84 Å². The molecule has 0 bridgehead atoms. The van der Waals surface area contributed by atoms with Crippen LogP contribution in [0.25, 0.3) is 0 Å². The third kappa shape index (κ3) is 4.68. The van der Waals surface area contributed by atoms with E-state index in [0.717, 1.165) is 25.5 Å². The number of nitrogens with zero attached hydrogens (tertiary/aromatic N) is 4. The van der Waals surface area contributed by atoms with Crippen LogP contribution >= 0.6 is 0 Å². The van der Waals surface area contributed by atoms with Crippen LogP contribution in [0, 0.1) is 5.92 Å². The van der Waals surface area contributed by atoms with E-state index in [1.54, 1.807) is 37.5 Å². The summed E-state index contributed by atoms with van der Waals surface area (Å²) >= 11 is 0. The minimum atomic E-state index is -3.30. The molecule has 0 aliphatic carbocycles. The summed E-state index contributed by atoms with van der Waals surface area (Å²) in [5.74, 6) is 1.33. The number of benzene rings is 1. The quantitative estimate of drug-likeness (QED) is 0.623. The molecule has 1 aliphatic rings. The Labute approximate surface area is 161 Å². The minimum absolute atomic E-state index is 0.0330. The second-order valence-electron chi connectivity index (χ2n) is 6.90. The number of likely N-dealkylation sites (tertiary alicyclic amines) is 1. The second kappa shape index (κ2) is 8.56. The van der Waals surface area contributed by atoms with Crippen molar-refractivity contribution in [3.05, 3.63) is 49.1 Å². The molecule has 0 radical (unpaired) electrons. The summed E-state index contributed by atoms with van der Waals surface area (Å²) in [6, 6.07) is 8.88. The lowest BCUT2D eigenvalue weighted by atomic mass is 9.93. The van der Waals surface area contributed by atoms with Gasteiger partial charge in [0.1, 0.15) is 0 Å². The standard InChI is InChI=1S/C19H27N5O2S/c1-16-8-11-23(14-18(16)24-12-9-21-15-24)19(20-2)22-10-13-27(25,26)17-6-4-3-5-7-17/h3-7,9,12,15-16,18H,8,10-11,13-14H2,1-2H3,(H,20,22). The first-order valence-electron chi connectivity index (χ1n) is 9.22. The van der Waals surface area contributed by atoms with Gasteiger partial charge in [0.05, 0.1) is 23.0 Å². The van der Waals surface area contributed by atoms with Crippen LogP contribution in [0.3, 0.4) is 0 Å². The van der Waals surface area contributed by atoms with E-state index >= 15 is 0 Å². The molecular weight excluding hydrogens is 362 g/mol. The van der Waals surface area contributed by atoms with Gasteiger partial charge in [-0.15, -0.1) is 0 Å². The lowest BCUT2D eigenvalue weighted by molar-refractivity contribution is 0.189. The van der Waals surface area contributed by atoms with Crippen LogP contribution in [0.5, 0.6) is 0 Å². The molecule has 8 heteroatoms. The molecule has 2 atom stereocenters. The molecule has 1 N–H and O–H groups in total. The zero-order chi connectivity index (χ0) is 19.3. The molecule has 2 heterocycles. The zero-order valence-corrected chi connectivity index (χ0v) is 16.6. The summed E-state index contributed by atoms with van der Waals surface area (Å²) in [6.07, 6.45) is 6.69. The number of hydrogen-bond acceptors (Lipinski definition) is 4. The summed E-state index contributed by atoms with van der Waals surface area (Å²) in [5.41, 5.74) is 0. The van der Waals surface area contributed by atoms with Crippen molar-refractivity contribution in [1.82, 2.24) is 19.8 Å². The number of aliphatic imine (C=N–C) groups is 1. The number of guanidine groups is 1. The van der Waals surface area contributed by atoms with Crippen molar-refractivity contribution in [2.24, 2.45) is 10.9 Å². The van der Waals surface area contributed by atoms with E-state index in [2.05, 4.69) is 31.7 Å². The normalized spacial score (nSPS) is 21.3. The minimum Gasteiger partial charge on any atom is -0.355 e. The summed E-state index contributed by atoms with van der Waals surface area (Å²) in [4.78, 5) is 11.1. The van der Waals surface area contributed by atoms with Crippen molar-refractivity contribution in [3.63, 3.8) is 0 Å². The molecule has 0 amide bonds. The molecular formula is C19H27N5O2S. The number of aromatic nitrogens is 2. The average molecular weight is 390 g/mol. The molecule has 1 saturated heterocycles. The third-order valence-corrected chi connectivity index (χ3v) is 6.83. The number of imidazole rings is 1. The molecule has 1 aromatic heterocycles. The van der Waals surface area contributed by atoms with Crippen molar-refractivity contribution >= 4 is 15.8 Å². The number of hydrogen-bond donors (Lipinski definition) is 1. The van der Waals surface area contributed by atoms with Gasteiger partial charge in [-0.2, -0.15) is 0 Å². The Morgan fingerprint density at radius 1 is 1.33 bits per heavy atom. The molecule has 2 aromatic rings. The number of nitrogens with one attached hydrogen (secondary N) is 1. The predicted molar refractivity (Wildman–Crippen MR) is 106 cm³/mol. The van der Waals surface area contributed by atoms with Gasteiger partial charge in [0.25, 0.3) is 0 Å². The van der Waals surface area contributed by atoms with Crippen LogP contribution in [0.2, 0.25) is 0 Å². The number of rotatable bonds is 5. The highest BCUT2D eigenvalue weighted by Gasteiger charge is 2.29. The molecule has 7 nitrogen and oxygen atoms in total. The molecule has 0 spiro atoms. The van der Waals surface area contributed by atoms with E-state index in [-0.39, 0.29) is 5.75 Å². The Hall–Kier alpha value is -2.35. The van der Waals surface area contributed by atoms with E-state index in [9.17, 15) is 8.42 Å². The van der Waals surface area contributed by atoms with Gasteiger partial charge in [-0.25, -0.2) is 13.4 Å². The largest absolute Gasteiger partial charge is 0.355 e. The predicted octanol–water partition coefficient (Wildman–Crippen LogP) is 1.82. The molecule has 1 aliphatic heterocycles. The summed E-state index contributed by atoms with van der Waals surface area (Å²) in [6.45, 7) is 4.30. The maximum absolute atomic E-state index is 12.4. The van der Waals surface area contributed by atoms with Gasteiger partial charge < -0.3 is 14.8 Å². The lowest BCUT2D eigenvalue weighted by Gasteiger charge is -2.39. The van der Waals surface area contributed by atoms with Crippen LogP contribution in [0.15, 0.2) is 58.9 Å². The topological polar surface area (TPSA) is 79.6 Å². The van der Waals surface area contributed by atoms with Gasteiger partial charge in [-0.05, 0) is 24.5 Å². The van der Waals surface area contributed by atoms with Crippen LogP contribution in [-0.4, -0.2) is 61.3 Å². The monoisotopic (exact) mass is 389 g/mol. The first kappa shape index (κ1) is 19.4. The van der Waals surface area contributed by atoms with Gasteiger partial charge in [0.15, 0.2) is 15.8 Å². The maximum atomic E-state index is 12.4. The molecule has 27 heavy (non-hydrogen) atoms. The Bertz CT molecular complexity index is 849. The average Bonchev–Trinajstić information content (AvgIpc) is 3.21. The van der Waals surface area contributed by atoms with E-state index < -0.39 is 9.84 Å². The van der Waals surface area contributed by atoms with Gasteiger partial charge in [-0.1, -0.05) is 25.1 Å². The van der Waals surface area contributed by atoms with Crippen molar-refractivity contribution in [3.8, 4) is 0 Å². The smallest absolute Gasteiger partial charge is 0.193 e. The summed E-state index contributed by atoms with van der Waals surface area (Å²) in [7, 11) is -1.56. The summed E-state index contributed by atoms with van der Waals surface area (Å²) in [5, 5.41) is 3.22. The zero-order valence-electron chi connectivity index (χ0n) is 15.8. The Morgan fingerprint density at radius 2 is 2.11 bits per heavy atom.